The van der Waals surface area contributed by atoms with Crippen molar-refractivity contribution in [3.05, 3.63) is 27.1 Å². The van der Waals surface area contributed by atoms with Crippen molar-refractivity contribution in [3.63, 3.8) is 0 Å². The molecule has 0 bridgehead atoms. The van der Waals surface area contributed by atoms with Crippen molar-refractivity contribution < 1.29 is 9.53 Å². The minimum atomic E-state index is -0.373. The van der Waals surface area contributed by atoms with Crippen molar-refractivity contribution in [2.24, 2.45) is 0 Å². The summed E-state index contributed by atoms with van der Waals surface area (Å²) in [6.07, 6.45) is 1.46. The molecule has 6 nitrogen and oxygen atoms in total. The third-order valence-electron chi connectivity index (χ3n) is 4.38. The number of hydrogen-bond donors (Lipinski definition) is 0. The van der Waals surface area contributed by atoms with Crippen LogP contribution in [0.15, 0.2) is 11.1 Å². The molecule has 0 saturated carbocycles. The maximum atomic E-state index is 12.7. The van der Waals surface area contributed by atoms with E-state index in [1.807, 2.05) is 34.6 Å². The Balaban J connectivity index is 1.87. The number of carbonyl (C=O) groups is 1. The SMILES string of the molecule is Cc1sc2ncn(CC(=O)N3CC(C)OC(C)(C)C3)c(=O)c2c1C. The van der Waals surface area contributed by atoms with Crippen molar-refractivity contribution in [1.82, 2.24) is 14.5 Å². The molecule has 0 N–H and O–H groups in total. The van der Waals surface area contributed by atoms with Gasteiger partial charge >= 0.3 is 0 Å². The van der Waals surface area contributed by atoms with Crippen LogP contribution in [0.2, 0.25) is 0 Å². The highest BCUT2D eigenvalue weighted by Gasteiger charge is 2.33. The lowest BCUT2D eigenvalue weighted by atomic mass is 10.1. The first-order valence-corrected chi connectivity index (χ1v) is 8.90. The molecule has 130 valence electrons. The Bertz CT molecular complexity index is 853. The standard InChI is InChI=1S/C17H23N3O3S/c1-10-6-19(8-17(4,5)23-10)13(21)7-20-9-18-15-14(16(20)22)11(2)12(3)24-15/h9-10H,6-8H2,1-5H3. The van der Waals surface area contributed by atoms with Gasteiger partial charge in [-0.15, -0.1) is 11.3 Å². The Morgan fingerprint density at radius 2 is 2.17 bits per heavy atom. The maximum absolute atomic E-state index is 12.7. The molecule has 1 amide bonds. The van der Waals surface area contributed by atoms with Gasteiger partial charge in [-0.05, 0) is 40.2 Å². The first-order valence-electron chi connectivity index (χ1n) is 8.08. The van der Waals surface area contributed by atoms with Crippen molar-refractivity contribution in [3.8, 4) is 0 Å². The first-order chi connectivity index (χ1) is 11.2. The van der Waals surface area contributed by atoms with Gasteiger partial charge in [0.2, 0.25) is 5.91 Å². The predicted molar refractivity (Wildman–Crippen MR) is 94.6 cm³/mol. The molecular weight excluding hydrogens is 326 g/mol. The van der Waals surface area contributed by atoms with Crippen LogP contribution in [0, 0.1) is 13.8 Å². The molecule has 3 heterocycles. The van der Waals surface area contributed by atoms with Crippen LogP contribution in [0.3, 0.4) is 0 Å². The summed E-state index contributed by atoms with van der Waals surface area (Å²) in [4.78, 5) is 33.3. The lowest BCUT2D eigenvalue weighted by Crippen LogP contribution is -2.54. The lowest BCUT2D eigenvalue weighted by molar-refractivity contribution is -0.158. The summed E-state index contributed by atoms with van der Waals surface area (Å²) in [7, 11) is 0. The second-order valence-corrected chi connectivity index (χ2v) is 8.31. The minimum absolute atomic E-state index is 0.0128. The number of aryl methyl sites for hydroxylation is 2. The fourth-order valence-corrected chi connectivity index (χ4v) is 4.26. The number of nitrogens with zero attached hydrogens (tertiary/aromatic N) is 3. The van der Waals surface area contributed by atoms with E-state index in [0.29, 0.717) is 18.5 Å². The van der Waals surface area contributed by atoms with E-state index in [1.165, 1.54) is 22.2 Å². The number of hydrogen-bond acceptors (Lipinski definition) is 5. The highest BCUT2D eigenvalue weighted by atomic mass is 32.1. The molecule has 2 aromatic heterocycles. The van der Waals surface area contributed by atoms with Gasteiger partial charge in [-0.3, -0.25) is 14.2 Å². The summed E-state index contributed by atoms with van der Waals surface area (Å²) in [6, 6.07) is 0. The van der Waals surface area contributed by atoms with Gasteiger partial charge in [0, 0.05) is 18.0 Å². The third kappa shape index (κ3) is 3.10. The summed E-state index contributed by atoms with van der Waals surface area (Å²) < 4.78 is 7.24. The highest BCUT2D eigenvalue weighted by molar-refractivity contribution is 7.18. The maximum Gasteiger partial charge on any atom is 0.262 e. The molecule has 0 aromatic carbocycles. The molecule has 7 heteroatoms. The van der Waals surface area contributed by atoms with Gasteiger partial charge in [-0.1, -0.05) is 0 Å². The van der Waals surface area contributed by atoms with Gasteiger partial charge in [0.05, 0.1) is 23.4 Å². The van der Waals surface area contributed by atoms with E-state index in [1.54, 1.807) is 4.90 Å². The minimum Gasteiger partial charge on any atom is -0.369 e. The van der Waals surface area contributed by atoms with Gasteiger partial charge in [0.25, 0.3) is 5.56 Å². The average Bonchev–Trinajstić information content (AvgIpc) is 2.75. The van der Waals surface area contributed by atoms with Crippen LogP contribution in [0.1, 0.15) is 31.2 Å². The lowest BCUT2D eigenvalue weighted by Gasteiger charge is -2.41. The van der Waals surface area contributed by atoms with Crippen LogP contribution in [-0.4, -0.2) is 45.2 Å². The fraction of sp³-hybridized carbons (Fsp3) is 0.588. The van der Waals surface area contributed by atoms with Crippen LogP contribution in [-0.2, 0) is 16.1 Å². The van der Waals surface area contributed by atoms with Crippen molar-refractivity contribution in [2.45, 2.75) is 52.9 Å². The topological polar surface area (TPSA) is 64.4 Å². The van der Waals surface area contributed by atoms with E-state index in [0.717, 1.165) is 15.3 Å². The van der Waals surface area contributed by atoms with Gasteiger partial charge in [0.15, 0.2) is 0 Å². The number of carbonyl (C=O) groups excluding carboxylic acids is 1. The molecule has 1 fully saturated rings. The molecule has 1 aliphatic rings. The molecule has 2 aromatic rings. The monoisotopic (exact) mass is 349 g/mol. The predicted octanol–water partition coefficient (Wildman–Crippen LogP) is 2.10. The van der Waals surface area contributed by atoms with Crippen molar-refractivity contribution in [2.75, 3.05) is 13.1 Å². The molecule has 1 saturated heterocycles. The molecule has 0 spiro atoms. The fourth-order valence-electron chi connectivity index (χ4n) is 3.27. The zero-order valence-corrected chi connectivity index (χ0v) is 15.6. The summed E-state index contributed by atoms with van der Waals surface area (Å²) in [5.74, 6) is -0.0777. The van der Waals surface area contributed by atoms with Crippen LogP contribution < -0.4 is 5.56 Å². The van der Waals surface area contributed by atoms with E-state index in [9.17, 15) is 9.59 Å². The summed E-state index contributed by atoms with van der Waals surface area (Å²) >= 11 is 1.51. The Kier molecular flexibility index (Phi) is 4.25. The zero-order chi connectivity index (χ0) is 17.6. The van der Waals surface area contributed by atoms with Crippen LogP contribution in [0.4, 0.5) is 0 Å². The molecule has 1 atom stereocenters. The molecule has 1 aliphatic heterocycles. The largest absolute Gasteiger partial charge is 0.369 e. The van der Waals surface area contributed by atoms with Gasteiger partial charge in [-0.2, -0.15) is 0 Å². The van der Waals surface area contributed by atoms with Crippen molar-refractivity contribution >= 4 is 27.5 Å². The summed E-state index contributed by atoms with van der Waals surface area (Å²) in [5, 5.41) is 0.628. The molecule has 24 heavy (non-hydrogen) atoms. The Morgan fingerprint density at radius 1 is 1.46 bits per heavy atom. The van der Waals surface area contributed by atoms with Crippen molar-refractivity contribution in [1.29, 1.82) is 0 Å². The third-order valence-corrected chi connectivity index (χ3v) is 5.50. The second-order valence-electron chi connectivity index (χ2n) is 7.10. The van der Waals surface area contributed by atoms with Gasteiger partial charge in [-0.25, -0.2) is 4.98 Å². The van der Waals surface area contributed by atoms with Gasteiger partial charge in [0.1, 0.15) is 11.4 Å². The Labute approximate surface area is 145 Å². The number of aromatic nitrogens is 2. The Hall–Kier alpha value is -1.73. The van der Waals surface area contributed by atoms with Crippen LogP contribution >= 0.6 is 11.3 Å². The van der Waals surface area contributed by atoms with E-state index < -0.39 is 0 Å². The number of rotatable bonds is 2. The van der Waals surface area contributed by atoms with Crippen LogP contribution in [0.5, 0.6) is 0 Å². The molecule has 0 aliphatic carbocycles. The molecular formula is C17H23N3O3S. The quantitative estimate of drug-likeness (QED) is 0.833. The first kappa shape index (κ1) is 17.1. The summed E-state index contributed by atoms with van der Waals surface area (Å²) in [5.41, 5.74) is 0.438. The number of morpholine rings is 1. The Morgan fingerprint density at radius 3 is 2.83 bits per heavy atom. The van der Waals surface area contributed by atoms with E-state index in [-0.39, 0.29) is 29.7 Å². The number of fused-ring (bicyclic) bond motifs is 1. The average molecular weight is 349 g/mol. The van der Waals surface area contributed by atoms with Gasteiger partial charge < -0.3 is 9.64 Å². The zero-order valence-electron chi connectivity index (χ0n) is 14.8. The molecule has 1 unspecified atom stereocenters. The van der Waals surface area contributed by atoms with E-state index in [4.69, 9.17) is 4.74 Å². The second kappa shape index (κ2) is 5.97. The number of thiophene rings is 1. The van der Waals surface area contributed by atoms with E-state index in [2.05, 4.69) is 4.98 Å². The number of ether oxygens (including phenoxy) is 1. The number of amides is 1. The smallest absolute Gasteiger partial charge is 0.262 e. The molecule has 0 radical (unpaired) electrons. The summed E-state index contributed by atoms with van der Waals surface area (Å²) in [6.45, 7) is 10.9. The van der Waals surface area contributed by atoms with E-state index >= 15 is 0 Å². The molecule has 3 rings (SSSR count). The normalized spacial score (nSPS) is 20.5. The van der Waals surface area contributed by atoms with Crippen LogP contribution in [0.25, 0.3) is 10.2 Å². The highest BCUT2D eigenvalue weighted by Crippen LogP contribution is 2.25.